The lowest BCUT2D eigenvalue weighted by atomic mass is 10.2. The minimum atomic E-state index is -2.86. The minimum absolute atomic E-state index is 0.0256. The van der Waals surface area contributed by atoms with E-state index in [1.54, 1.807) is 6.07 Å². The first-order chi connectivity index (χ1) is 9.65. The van der Waals surface area contributed by atoms with Gasteiger partial charge in [0.25, 0.3) is 0 Å². The van der Waals surface area contributed by atoms with Gasteiger partial charge in [-0.1, -0.05) is 11.6 Å². The molecular formula is C13H16ClF2NO3. The van der Waals surface area contributed by atoms with Crippen LogP contribution in [0.15, 0.2) is 18.2 Å². The van der Waals surface area contributed by atoms with Crippen molar-refractivity contribution in [1.82, 2.24) is 5.32 Å². The van der Waals surface area contributed by atoms with Crippen molar-refractivity contribution in [2.45, 2.75) is 19.3 Å². The molecule has 0 bridgehead atoms. The third-order valence-corrected chi connectivity index (χ3v) is 3.05. The highest BCUT2D eigenvalue weighted by Gasteiger charge is 2.15. The molecule has 112 valence electrons. The number of hydrogen-bond acceptors (Lipinski definition) is 4. The van der Waals surface area contributed by atoms with Crippen LogP contribution in [0.4, 0.5) is 8.78 Å². The Bertz CT molecular complexity index is 428. The SMILES string of the molecule is FC(F)Oc1ccc(Cl)cc1CNCC1COCCO1. The number of nitrogens with one attached hydrogen (secondary N) is 1. The number of benzene rings is 1. The molecule has 0 aromatic heterocycles. The Hall–Kier alpha value is -0.950. The lowest BCUT2D eigenvalue weighted by Crippen LogP contribution is -2.37. The molecule has 1 heterocycles. The molecule has 1 fully saturated rings. The van der Waals surface area contributed by atoms with Gasteiger partial charge in [-0.15, -0.1) is 0 Å². The molecule has 1 aliphatic heterocycles. The average molecular weight is 308 g/mol. The zero-order valence-corrected chi connectivity index (χ0v) is 11.5. The largest absolute Gasteiger partial charge is 0.434 e. The second kappa shape index (κ2) is 7.73. The molecule has 1 aromatic carbocycles. The lowest BCUT2D eigenvalue weighted by molar-refractivity contribution is -0.0865. The third-order valence-electron chi connectivity index (χ3n) is 2.81. The minimum Gasteiger partial charge on any atom is -0.434 e. The van der Waals surface area contributed by atoms with Crippen molar-refractivity contribution >= 4 is 11.6 Å². The topological polar surface area (TPSA) is 39.7 Å². The Morgan fingerprint density at radius 3 is 2.95 bits per heavy atom. The molecular weight excluding hydrogens is 292 g/mol. The summed E-state index contributed by atoms with van der Waals surface area (Å²) in [7, 11) is 0. The standard InChI is InChI=1S/C13H16ClF2NO3/c14-10-1-2-12(20-13(15)16)9(5-10)6-17-7-11-8-18-3-4-19-11/h1-2,5,11,13,17H,3-4,6-8H2. The first-order valence-corrected chi connectivity index (χ1v) is 6.66. The van der Waals surface area contributed by atoms with Gasteiger partial charge in [0, 0.05) is 23.7 Å². The van der Waals surface area contributed by atoms with Crippen molar-refractivity contribution in [3.63, 3.8) is 0 Å². The Morgan fingerprint density at radius 2 is 2.25 bits per heavy atom. The first kappa shape index (κ1) is 15.4. The van der Waals surface area contributed by atoms with E-state index in [9.17, 15) is 8.78 Å². The van der Waals surface area contributed by atoms with E-state index >= 15 is 0 Å². The lowest BCUT2D eigenvalue weighted by Gasteiger charge is -2.23. The predicted octanol–water partition coefficient (Wildman–Crippen LogP) is 2.45. The first-order valence-electron chi connectivity index (χ1n) is 6.28. The molecule has 4 nitrogen and oxygen atoms in total. The van der Waals surface area contributed by atoms with Crippen molar-refractivity contribution in [3.8, 4) is 5.75 Å². The number of rotatable bonds is 6. The van der Waals surface area contributed by atoms with E-state index < -0.39 is 6.61 Å². The van der Waals surface area contributed by atoms with Crippen LogP contribution in [-0.2, 0) is 16.0 Å². The summed E-state index contributed by atoms with van der Waals surface area (Å²) < 4.78 is 39.8. The third kappa shape index (κ3) is 4.86. The van der Waals surface area contributed by atoms with Crippen molar-refractivity contribution < 1.29 is 23.0 Å². The molecule has 0 amide bonds. The van der Waals surface area contributed by atoms with Crippen molar-refractivity contribution in [2.75, 3.05) is 26.4 Å². The van der Waals surface area contributed by atoms with Crippen LogP contribution in [0, 0.1) is 0 Å². The summed E-state index contributed by atoms with van der Waals surface area (Å²) in [6, 6.07) is 4.55. The summed E-state index contributed by atoms with van der Waals surface area (Å²) in [4.78, 5) is 0. The van der Waals surface area contributed by atoms with Crippen molar-refractivity contribution in [2.24, 2.45) is 0 Å². The molecule has 20 heavy (non-hydrogen) atoms. The van der Waals surface area contributed by atoms with Gasteiger partial charge in [-0.05, 0) is 18.2 Å². The summed E-state index contributed by atoms with van der Waals surface area (Å²) in [5, 5.41) is 3.60. The van der Waals surface area contributed by atoms with Crippen LogP contribution >= 0.6 is 11.6 Å². The van der Waals surface area contributed by atoms with Crippen molar-refractivity contribution in [1.29, 1.82) is 0 Å². The smallest absolute Gasteiger partial charge is 0.387 e. The Kier molecular flexibility index (Phi) is 5.97. The molecule has 1 saturated heterocycles. The summed E-state index contributed by atoms with van der Waals surface area (Å²) in [5.41, 5.74) is 0.578. The number of hydrogen-bond donors (Lipinski definition) is 1. The summed E-state index contributed by atoms with van der Waals surface area (Å²) in [5.74, 6) is 0.123. The number of alkyl halides is 2. The highest BCUT2D eigenvalue weighted by molar-refractivity contribution is 6.30. The highest BCUT2D eigenvalue weighted by atomic mass is 35.5. The molecule has 2 rings (SSSR count). The maximum absolute atomic E-state index is 12.3. The van der Waals surface area contributed by atoms with Gasteiger partial charge >= 0.3 is 6.61 Å². The van der Waals surface area contributed by atoms with Crippen LogP contribution in [-0.4, -0.2) is 39.1 Å². The fraction of sp³-hybridized carbons (Fsp3) is 0.538. The maximum Gasteiger partial charge on any atom is 0.387 e. The fourth-order valence-corrected chi connectivity index (χ4v) is 2.11. The van der Waals surface area contributed by atoms with Crippen LogP contribution in [0.1, 0.15) is 5.56 Å². The van der Waals surface area contributed by atoms with Crippen LogP contribution in [0.5, 0.6) is 5.75 Å². The van der Waals surface area contributed by atoms with Crippen LogP contribution in [0.2, 0.25) is 5.02 Å². The van der Waals surface area contributed by atoms with Gasteiger partial charge in [0.15, 0.2) is 0 Å². The second-order valence-corrected chi connectivity index (χ2v) is 4.77. The van der Waals surface area contributed by atoms with Crippen LogP contribution in [0.25, 0.3) is 0 Å². The van der Waals surface area contributed by atoms with E-state index in [2.05, 4.69) is 10.1 Å². The fourth-order valence-electron chi connectivity index (χ4n) is 1.92. The van der Waals surface area contributed by atoms with Gasteiger partial charge in [-0.2, -0.15) is 8.78 Å². The van der Waals surface area contributed by atoms with Gasteiger partial charge in [0.05, 0.1) is 25.9 Å². The Morgan fingerprint density at radius 1 is 1.40 bits per heavy atom. The monoisotopic (exact) mass is 307 g/mol. The predicted molar refractivity (Wildman–Crippen MR) is 70.3 cm³/mol. The molecule has 1 N–H and O–H groups in total. The molecule has 0 spiro atoms. The maximum atomic E-state index is 12.3. The van der Waals surface area contributed by atoms with Crippen LogP contribution < -0.4 is 10.1 Å². The van der Waals surface area contributed by atoms with Gasteiger partial charge < -0.3 is 19.5 Å². The summed E-state index contributed by atoms with van der Waals surface area (Å²) >= 11 is 5.87. The normalized spacial score (nSPS) is 19.3. The molecule has 0 radical (unpaired) electrons. The number of halogens is 3. The molecule has 0 saturated carbocycles. The molecule has 1 aliphatic rings. The van der Waals surface area contributed by atoms with Crippen molar-refractivity contribution in [3.05, 3.63) is 28.8 Å². The van der Waals surface area contributed by atoms with Gasteiger partial charge in [-0.3, -0.25) is 0 Å². The highest BCUT2D eigenvalue weighted by Crippen LogP contribution is 2.24. The zero-order valence-electron chi connectivity index (χ0n) is 10.8. The Labute approximate surface area is 121 Å². The molecule has 1 aromatic rings. The van der Waals surface area contributed by atoms with E-state index in [-0.39, 0.29) is 11.9 Å². The Balaban J connectivity index is 1.88. The zero-order chi connectivity index (χ0) is 14.4. The molecule has 1 atom stereocenters. The second-order valence-electron chi connectivity index (χ2n) is 4.33. The molecule has 7 heteroatoms. The van der Waals surface area contributed by atoms with E-state index in [1.807, 2.05) is 0 Å². The quantitative estimate of drug-likeness (QED) is 0.876. The average Bonchev–Trinajstić information content (AvgIpc) is 2.42. The van der Waals surface area contributed by atoms with E-state index in [1.165, 1.54) is 12.1 Å². The summed E-state index contributed by atoms with van der Waals surface area (Å²) in [6.07, 6.45) is -0.0256. The molecule has 1 unspecified atom stereocenters. The van der Waals surface area contributed by atoms with Gasteiger partial charge in [0.1, 0.15) is 5.75 Å². The van der Waals surface area contributed by atoms with Gasteiger partial charge in [-0.25, -0.2) is 0 Å². The summed E-state index contributed by atoms with van der Waals surface area (Å²) in [6.45, 7) is -0.211. The van der Waals surface area contributed by atoms with E-state index in [0.717, 1.165) is 0 Å². The van der Waals surface area contributed by atoms with E-state index in [0.29, 0.717) is 43.5 Å². The number of ether oxygens (including phenoxy) is 3. The van der Waals surface area contributed by atoms with Crippen LogP contribution in [0.3, 0.4) is 0 Å². The molecule has 0 aliphatic carbocycles. The van der Waals surface area contributed by atoms with Gasteiger partial charge in [0.2, 0.25) is 0 Å². The van der Waals surface area contributed by atoms with E-state index in [4.69, 9.17) is 21.1 Å².